The predicted molar refractivity (Wildman–Crippen MR) is 61.8 cm³/mol. The number of rotatable bonds is 7. The quantitative estimate of drug-likeness (QED) is 0.560. The fourth-order valence-electron chi connectivity index (χ4n) is 1.34. The Bertz CT molecular complexity index is 363. The molecule has 4 N–H and O–H groups in total. The van der Waals surface area contributed by atoms with Crippen molar-refractivity contribution < 1.29 is 9.90 Å². The number of aliphatic hydroxyl groups is 1. The highest BCUT2D eigenvalue weighted by Crippen LogP contribution is 2.00. The SMILES string of the molecule is CC(C)Cn1ncnc1CNCC(O)C(N)=O. The van der Waals surface area contributed by atoms with E-state index in [1.165, 1.54) is 6.33 Å². The van der Waals surface area contributed by atoms with Crippen LogP contribution in [0.25, 0.3) is 0 Å². The van der Waals surface area contributed by atoms with E-state index >= 15 is 0 Å². The number of nitrogens with one attached hydrogen (secondary N) is 1. The van der Waals surface area contributed by atoms with Gasteiger partial charge in [0.1, 0.15) is 18.3 Å². The lowest BCUT2D eigenvalue weighted by Crippen LogP contribution is -2.37. The van der Waals surface area contributed by atoms with Crippen LogP contribution < -0.4 is 11.1 Å². The Hall–Kier alpha value is -1.47. The van der Waals surface area contributed by atoms with Crippen LogP contribution in [0, 0.1) is 5.92 Å². The van der Waals surface area contributed by atoms with Gasteiger partial charge in [0.25, 0.3) is 0 Å². The van der Waals surface area contributed by atoms with Crippen molar-refractivity contribution in [3.8, 4) is 0 Å². The van der Waals surface area contributed by atoms with Crippen LogP contribution in [-0.2, 0) is 17.9 Å². The maximum atomic E-state index is 10.6. The number of aromatic nitrogens is 3. The van der Waals surface area contributed by atoms with E-state index in [0.717, 1.165) is 12.4 Å². The molecule has 1 unspecified atom stereocenters. The second kappa shape index (κ2) is 6.31. The van der Waals surface area contributed by atoms with Crippen LogP contribution in [0.15, 0.2) is 6.33 Å². The van der Waals surface area contributed by atoms with Gasteiger partial charge in [-0.05, 0) is 5.92 Å². The summed E-state index contributed by atoms with van der Waals surface area (Å²) in [5.41, 5.74) is 4.93. The molecule has 0 radical (unpaired) electrons. The predicted octanol–water partition coefficient (Wildman–Crippen LogP) is -1.13. The maximum absolute atomic E-state index is 10.6. The van der Waals surface area contributed by atoms with Crippen molar-refractivity contribution in [3.05, 3.63) is 12.2 Å². The minimum absolute atomic E-state index is 0.115. The molecule has 7 nitrogen and oxygen atoms in total. The van der Waals surface area contributed by atoms with Gasteiger partial charge in [-0.1, -0.05) is 13.8 Å². The lowest BCUT2D eigenvalue weighted by molar-refractivity contribution is -0.125. The first kappa shape index (κ1) is 13.6. The highest BCUT2D eigenvalue weighted by Gasteiger charge is 2.11. The third-order valence-electron chi connectivity index (χ3n) is 2.18. The monoisotopic (exact) mass is 241 g/mol. The zero-order chi connectivity index (χ0) is 12.8. The van der Waals surface area contributed by atoms with Gasteiger partial charge in [0, 0.05) is 13.1 Å². The molecule has 0 aromatic carbocycles. The molecule has 1 amide bonds. The number of aliphatic hydroxyl groups excluding tert-OH is 1. The Labute approximate surface area is 100 Å². The first-order valence-corrected chi connectivity index (χ1v) is 5.55. The summed E-state index contributed by atoms with van der Waals surface area (Å²) >= 11 is 0. The fourth-order valence-corrected chi connectivity index (χ4v) is 1.34. The van der Waals surface area contributed by atoms with Gasteiger partial charge >= 0.3 is 0 Å². The molecular formula is C10H19N5O2. The number of nitrogens with zero attached hydrogens (tertiary/aromatic N) is 3. The third-order valence-corrected chi connectivity index (χ3v) is 2.18. The van der Waals surface area contributed by atoms with Crippen molar-refractivity contribution in [2.75, 3.05) is 6.54 Å². The Balaban J connectivity index is 2.41. The van der Waals surface area contributed by atoms with E-state index in [1.54, 1.807) is 4.68 Å². The first-order valence-electron chi connectivity index (χ1n) is 5.55. The van der Waals surface area contributed by atoms with Crippen molar-refractivity contribution >= 4 is 5.91 Å². The summed E-state index contributed by atoms with van der Waals surface area (Å²) in [5, 5.41) is 16.2. The molecule has 1 heterocycles. The van der Waals surface area contributed by atoms with Gasteiger partial charge in [-0.2, -0.15) is 5.10 Å². The first-order chi connectivity index (χ1) is 8.00. The molecule has 0 aliphatic carbocycles. The molecular weight excluding hydrogens is 222 g/mol. The van der Waals surface area contributed by atoms with Crippen LogP contribution >= 0.6 is 0 Å². The summed E-state index contributed by atoms with van der Waals surface area (Å²) < 4.78 is 1.80. The van der Waals surface area contributed by atoms with Crippen LogP contribution in [0.4, 0.5) is 0 Å². The maximum Gasteiger partial charge on any atom is 0.247 e. The number of carbonyl (C=O) groups is 1. The summed E-state index contributed by atoms with van der Waals surface area (Å²) in [5.74, 6) is 0.517. The molecule has 0 bridgehead atoms. The Morgan fingerprint density at radius 1 is 1.65 bits per heavy atom. The fraction of sp³-hybridized carbons (Fsp3) is 0.700. The molecule has 0 fully saturated rings. The smallest absolute Gasteiger partial charge is 0.247 e. The third kappa shape index (κ3) is 4.49. The number of nitrogens with two attached hydrogens (primary N) is 1. The average molecular weight is 241 g/mol. The van der Waals surface area contributed by atoms with E-state index in [9.17, 15) is 9.90 Å². The van der Waals surface area contributed by atoms with Crippen LogP contribution in [0.5, 0.6) is 0 Å². The molecule has 0 saturated carbocycles. The van der Waals surface area contributed by atoms with Crippen LogP contribution in [-0.4, -0.2) is 38.4 Å². The minimum atomic E-state index is -1.17. The zero-order valence-corrected chi connectivity index (χ0v) is 10.1. The lowest BCUT2D eigenvalue weighted by atomic mass is 10.2. The van der Waals surface area contributed by atoms with Crippen molar-refractivity contribution in [1.82, 2.24) is 20.1 Å². The van der Waals surface area contributed by atoms with Crippen molar-refractivity contribution in [3.63, 3.8) is 0 Å². The molecule has 96 valence electrons. The van der Waals surface area contributed by atoms with Gasteiger partial charge in [-0.15, -0.1) is 0 Å². The summed E-state index contributed by atoms with van der Waals surface area (Å²) in [6.07, 6.45) is 0.320. The van der Waals surface area contributed by atoms with E-state index in [2.05, 4.69) is 29.2 Å². The summed E-state index contributed by atoms with van der Waals surface area (Å²) in [6.45, 7) is 5.53. The lowest BCUT2D eigenvalue weighted by Gasteiger charge is -2.10. The van der Waals surface area contributed by atoms with Gasteiger partial charge in [0.2, 0.25) is 5.91 Å². The molecule has 1 aromatic heterocycles. The molecule has 0 saturated heterocycles. The highest BCUT2D eigenvalue weighted by atomic mass is 16.3. The van der Waals surface area contributed by atoms with Crippen molar-refractivity contribution in [2.45, 2.75) is 33.0 Å². The van der Waals surface area contributed by atoms with Gasteiger partial charge in [-0.3, -0.25) is 4.79 Å². The number of amides is 1. The van der Waals surface area contributed by atoms with Gasteiger partial charge in [-0.25, -0.2) is 9.67 Å². The topological polar surface area (TPSA) is 106 Å². The number of carbonyl (C=O) groups excluding carboxylic acids is 1. The number of hydrogen-bond donors (Lipinski definition) is 3. The van der Waals surface area contributed by atoms with Crippen LogP contribution in [0.1, 0.15) is 19.7 Å². The summed E-state index contributed by atoms with van der Waals surface area (Å²) in [4.78, 5) is 14.7. The van der Waals surface area contributed by atoms with Crippen LogP contribution in [0.3, 0.4) is 0 Å². The van der Waals surface area contributed by atoms with Gasteiger partial charge < -0.3 is 16.2 Å². The number of primary amides is 1. The van der Waals surface area contributed by atoms with E-state index in [1.807, 2.05) is 0 Å². The van der Waals surface area contributed by atoms with E-state index in [0.29, 0.717) is 12.5 Å². The normalized spacial score (nSPS) is 12.9. The summed E-state index contributed by atoms with van der Waals surface area (Å²) in [7, 11) is 0. The Kier molecular flexibility index (Phi) is 5.05. The molecule has 1 atom stereocenters. The standard InChI is InChI=1S/C10H19N5O2/c1-7(2)5-15-9(13-6-14-15)4-12-3-8(16)10(11)17/h6-8,12,16H,3-5H2,1-2H3,(H2,11,17). The molecule has 7 heteroatoms. The van der Waals surface area contributed by atoms with E-state index < -0.39 is 12.0 Å². The zero-order valence-electron chi connectivity index (χ0n) is 10.1. The molecule has 1 rings (SSSR count). The van der Waals surface area contributed by atoms with Crippen molar-refractivity contribution in [2.24, 2.45) is 11.7 Å². The molecule has 17 heavy (non-hydrogen) atoms. The van der Waals surface area contributed by atoms with E-state index in [-0.39, 0.29) is 6.54 Å². The van der Waals surface area contributed by atoms with Gasteiger partial charge in [0.15, 0.2) is 0 Å². The second-order valence-electron chi connectivity index (χ2n) is 4.30. The Morgan fingerprint density at radius 3 is 2.94 bits per heavy atom. The van der Waals surface area contributed by atoms with Crippen LogP contribution in [0.2, 0.25) is 0 Å². The highest BCUT2D eigenvalue weighted by molar-refractivity contribution is 5.78. The molecule has 0 spiro atoms. The molecule has 0 aliphatic heterocycles. The van der Waals surface area contributed by atoms with Crippen molar-refractivity contribution in [1.29, 1.82) is 0 Å². The second-order valence-corrected chi connectivity index (χ2v) is 4.30. The number of hydrogen-bond acceptors (Lipinski definition) is 5. The van der Waals surface area contributed by atoms with Gasteiger partial charge in [0.05, 0.1) is 6.54 Å². The van der Waals surface area contributed by atoms with E-state index in [4.69, 9.17) is 5.73 Å². The largest absolute Gasteiger partial charge is 0.382 e. The minimum Gasteiger partial charge on any atom is -0.382 e. The molecule has 1 aromatic rings. The molecule has 0 aliphatic rings. The summed E-state index contributed by atoms with van der Waals surface area (Å²) in [6, 6.07) is 0. The average Bonchev–Trinajstić information content (AvgIpc) is 2.64. The Morgan fingerprint density at radius 2 is 2.35 bits per heavy atom.